The van der Waals surface area contributed by atoms with Gasteiger partial charge < -0.3 is 29.7 Å². The first kappa shape index (κ1) is 39.2. The van der Waals surface area contributed by atoms with Crippen LogP contribution in [0.25, 0.3) is 0 Å². The number of ether oxygens (including phenoxy) is 3. The van der Waals surface area contributed by atoms with Crippen molar-refractivity contribution in [2.24, 2.45) is 10.8 Å². The van der Waals surface area contributed by atoms with E-state index in [-0.39, 0.29) is 22.9 Å². The second-order valence-electron chi connectivity index (χ2n) is 16.0. The number of rotatable bonds is 8. The van der Waals surface area contributed by atoms with E-state index >= 15 is 0 Å². The van der Waals surface area contributed by atoms with Gasteiger partial charge in [-0.1, -0.05) is 114 Å². The zero-order chi connectivity index (χ0) is 36.8. The Kier molecular flexibility index (Phi) is 14.4. The lowest BCUT2D eigenvalue weighted by Crippen LogP contribution is -2.32. The van der Waals surface area contributed by atoms with E-state index in [1.165, 1.54) is 11.1 Å². The topological polar surface area (TPSA) is 70.2 Å². The quantitative estimate of drug-likeness (QED) is 0.177. The summed E-state index contributed by atoms with van der Waals surface area (Å²) in [6, 6.07) is 34.1. The molecule has 1 aliphatic heterocycles. The van der Waals surface area contributed by atoms with Crippen molar-refractivity contribution in [1.29, 1.82) is 0 Å². The minimum absolute atomic E-state index is 0.0496. The molecule has 0 bridgehead atoms. The fourth-order valence-corrected chi connectivity index (χ4v) is 6.61. The van der Waals surface area contributed by atoms with Crippen molar-refractivity contribution in [3.8, 4) is 23.0 Å². The molecule has 2 N–H and O–H groups in total. The van der Waals surface area contributed by atoms with Crippen LogP contribution in [-0.2, 0) is 18.0 Å². The van der Waals surface area contributed by atoms with Crippen molar-refractivity contribution in [1.82, 2.24) is 10.6 Å². The first-order valence-electron chi connectivity index (χ1n) is 19.1. The van der Waals surface area contributed by atoms with Crippen LogP contribution in [-0.4, -0.2) is 26.4 Å². The molecular weight excluding hydrogens is 649 g/mol. The predicted molar refractivity (Wildman–Crippen MR) is 210 cm³/mol. The minimum Gasteiger partial charge on any atom is -0.490 e. The van der Waals surface area contributed by atoms with Crippen molar-refractivity contribution < 1.29 is 24.0 Å². The van der Waals surface area contributed by atoms with Gasteiger partial charge in [-0.05, 0) is 89.5 Å². The van der Waals surface area contributed by atoms with Crippen molar-refractivity contribution in [2.45, 2.75) is 98.8 Å². The van der Waals surface area contributed by atoms with E-state index in [0.717, 1.165) is 61.3 Å². The van der Waals surface area contributed by atoms with Gasteiger partial charge >= 0.3 is 0 Å². The minimum atomic E-state index is 0.0496. The third kappa shape index (κ3) is 12.0. The number of benzene rings is 4. The summed E-state index contributed by atoms with van der Waals surface area (Å²) in [5.41, 5.74) is 4.96. The standard InChI is InChI=1S/C45H60N2O5/c1-44(2,3)42(36-18-10-7-11-19-36)46-32-34-22-24-38-40(30-34)49-28-16-17-29-51-52-39-25-23-35(31-41(39)50-27-15-9-14-26-48-38)33-47-43(45(4,5)6)37-20-12-8-13-21-37/h7-8,10-13,18-25,30-31,42-43,46-47H,9,14-17,26-29,32-33H2,1-6H3/t42-,43+/m1/s1. The van der Waals surface area contributed by atoms with Crippen molar-refractivity contribution in [3.63, 3.8) is 0 Å². The highest BCUT2D eigenvalue weighted by atomic mass is 17.2. The van der Waals surface area contributed by atoms with Crippen LogP contribution < -0.4 is 29.7 Å². The highest BCUT2D eigenvalue weighted by Gasteiger charge is 2.27. The second-order valence-corrected chi connectivity index (χ2v) is 16.0. The Morgan fingerprint density at radius 1 is 0.481 bits per heavy atom. The molecule has 4 aromatic carbocycles. The Morgan fingerprint density at radius 2 is 0.904 bits per heavy atom. The Morgan fingerprint density at radius 3 is 1.40 bits per heavy atom. The third-order valence-electron chi connectivity index (χ3n) is 9.37. The average Bonchev–Trinajstić information content (AvgIpc) is 3.11. The van der Waals surface area contributed by atoms with E-state index in [1.807, 2.05) is 12.1 Å². The molecule has 5 rings (SSSR count). The van der Waals surface area contributed by atoms with E-state index in [1.54, 1.807) is 0 Å². The van der Waals surface area contributed by atoms with E-state index in [4.69, 9.17) is 24.0 Å². The molecule has 7 heteroatoms. The highest BCUT2D eigenvalue weighted by Crippen LogP contribution is 2.36. The van der Waals surface area contributed by atoms with Crippen LogP contribution in [0.2, 0.25) is 0 Å². The van der Waals surface area contributed by atoms with Crippen LogP contribution in [0.3, 0.4) is 0 Å². The molecule has 0 amide bonds. The largest absolute Gasteiger partial charge is 0.490 e. The molecule has 7 nitrogen and oxygen atoms in total. The number of hydrogen-bond donors (Lipinski definition) is 2. The predicted octanol–water partition coefficient (Wildman–Crippen LogP) is 10.6. The van der Waals surface area contributed by atoms with Gasteiger partial charge in [-0.15, -0.1) is 0 Å². The summed E-state index contributed by atoms with van der Waals surface area (Å²) in [7, 11) is 0. The van der Waals surface area contributed by atoms with Crippen molar-refractivity contribution >= 4 is 0 Å². The van der Waals surface area contributed by atoms with Gasteiger partial charge in [-0.2, -0.15) is 4.89 Å². The fourth-order valence-electron chi connectivity index (χ4n) is 6.61. The number of hydrogen-bond acceptors (Lipinski definition) is 7. The molecule has 0 spiro atoms. The fraction of sp³-hybridized carbons (Fsp3) is 0.467. The summed E-state index contributed by atoms with van der Waals surface area (Å²) in [5, 5.41) is 7.58. The first-order valence-corrected chi connectivity index (χ1v) is 19.1. The molecule has 0 saturated carbocycles. The zero-order valence-corrected chi connectivity index (χ0v) is 32.2. The summed E-state index contributed by atoms with van der Waals surface area (Å²) in [5.74, 6) is 2.86. The lowest BCUT2D eigenvalue weighted by Gasteiger charge is -2.32. The van der Waals surface area contributed by atoms with Gasteiger partial charge in [0.25, 0.3) is 0 Å². The van der Waals surface area contributed by atoms with Crippen LogP contribution in [0, 0.1) is 10.8 Å². The molecule has 52 heavy (non-hydrogen) atoms. The number of fused-ring (bicyclic) bond motifs is 2. The molecule has 1 aliphatic rings. The summed E-state index contributed by atoms with van der Waals surface area (Å²) in [6.07, 6.45) is 4.39. The van der Waals surface area contributed by atoms with E-state index in [9.17, 15) is 0 Å². The SMILES string of the molecule is CC(C)(C)[C@H](NCc1ccc2c(c1)OCCCCOOc1ccc(CN[C@@H](c3ccccc3)C(C)(C)C)cc1OCCCCCO2)c1ccccc1. The molecule has 0 fully saturated rings. The maximum absolute atomic E-state index is 6.32. The summed E-state index contributed by atoms with van der Waals surface area (Å²) in [4.78, 5) is 11.5. The smallest absolute Gasteiger partial charge is 0.207 e. The average molecular weight is 709 g/mol. The maximum Gasteiger partial charge on any atom is 0.207 e. The van der Waals surface area contributed by atoms with Crippen molar-refractivity contribution in [3.05, 3.63) is 119 Å². The molecule has 0 saturated heterocycles. The normalized spacial score (nSPS) is 16.3. The monoisotopic (exact) mass is 708 g/mol. The van der Waals surface area contributed by atoms with Crippen molar-refractivity contribution in [2.75, 3.05) is 26.4 Å². The van der Waals surface area contributed by atoms with Gasteiger partial charge in [0, 0.05) is 25.2 Å². The molecule has 0 unspecified atom stereocenters. The Balaban J connectivity index is 1.18. The molecule has 0 radical (unpaired) electrons. The summed E-state index contributed by atoms with van der Waals surface area (Å²) >= 11 is 0. The van der Waals surface area contributed by atoms with E-state index in [0.29, 0.717) is 44.5 Å². The summed E-state index contributed by atoms with van der Waals surface area (Å²) < 4.78 is 18.9. The van der Waals surface area contributed by atoms with Gasteiger partial charge in [-0.25, -0.2) is 0 Å². The van der Waals surface area contributed by atoms with E-state index in [2.05, 4.69) is 137 Å². The molecule has 0 aromatic heterocycles. The lowest BCUT2D eigenvalue weighted by molar-refractivity contribution is -0.208. The van der Waals surface area contributed by atoms with Crippen LogP contribution in [0.1, 0.15) is 108 Å². The first-order chi connectivity index (χ1) is 25.1. The van der Waals surface area contributed by atoms with Gasteiger partial charge in [-0.3, -0.25) is 0 Å². The third-order valence-corrected chi connectivity index (χ3v) is 9.37. The summed E-state index contributed by atoms with van der Waals surface area (Å²) in [6.45, 7) is 17.3. The molecule has 0 aliphatic carbocycles. The Bertz CT molecular complexity index is 1510. The molecule has 2 atom stereocenters. The van der Waals surface area contributed by atoms with Crippen LogP contribution >= 0.6 is 0 Å². The number of nitrogens with one attached hydrogen (secondary N) is 2. The Hall–Kier alpha value is -4.04. The van der Waals surface area contributed by atoms with Crippen LogP contribution in [0.4, 0.5) is 0 Å². The Labute approximate surface area is 312 Å². The molecular formula is C45H60N2O5. The van der Waals surface area contributed by atoms with Gasteiger partial charge in [0.2, 0.25) is 5.75 Å². The second kappa shape index (κ2) is 19.2. The molecule has 4 aromatic rings. The van der Waals surface area contributed by atoms with E-state index < -0.39 is 0 Å². The molecule has 1 heterocycles. The lowest BCUT2D eigenvalue weighted by atomic mass is 9.82. The van der Waals surface area contributed by atoms with Crippen LogP contribution in [0.5, 0.6) is 23.0 Å². The molecule has 280 valence electrons. The van der Waals surface area contributed by atoms with Gasteiger partial charge in [0.1, 0.15) is 0 Å². The zero-order valence-electron chi connectivity index (χ0n) is 32.2. The van der Waals surface area contributed by atoms with Gasteiger partial charge in [0.05, 0.1) is 26.4 Å². The van der Waals surface area contributed by atoms with Crippen LogP contribution in [0.15, 0.2) is 97.1 Å². The maximum atomic E-state index is 6.32. The highest BCUT2D eigenvalue weighted by molar-refractivity contribution is 5.44. The van der Waals surface area contributed by atoms with Gasteiger partial charge in [0.15, 0.2) is 17.2 Å².